The molecule has 0 aliphatic carbocycles. The number of pyridine rings is 1. The van der Waals surface area contributed by atoms with Gasteiger partial charge in [-0.05, 0) is 23.8 Å². The average molecular weight is 350 g/mol. The first kappa shape index (κ1) is 17.4. The molecule has 0 saturated carbocycles. The molecule has 0 saturated heterocycles. The Balaban J connectivity index is 1.83. The maximum atomic E-state index is 12.9. The summed E-state index contributed by atoms with van der Waals surface area (Å²) in [7, 11) is 1.62. The first-order valence-electron chi connectivity index (χ1n) is 7.83. The van der Waals surface area contributed by atoms with Crippen molar-refractivity contribution in [1.82, 2.24) is 4.98 Å². The molecule has 0 spiro atoms. The second-order valence-corrected chi connectivity index (χ2v) is 5.64. The minimum absolute atomic E-state index is 0.354. The van der Waals surface area contributed by atoms with E-state index in [1.165, 1.54) is 6.07 Å². The van der Waals surface area contributed by atoms with E-state index in [1.807, 2.05) is 0 Å². The van der Waals surface area contributed by atoms with E-state index in [9.17, 15) is 13.2 Å². The van der Waals surface area contributed by atoms with Crippen molar-refractivity contribution in [2.75, 3.05) is 20.3 Å². The smallest absolute Gasteiger partial charge is 0.416 e. The van der Waals surface area contributed by atoms with Crippen molar-refractivity contribution in [2.45, 2.75) is 19.0 Å². The van der Waals surface area contributed by atoms with E-state index in [0.717, 1.165) is 29.7 Å². The van der Waals surface area contributed by atoms with Crippen LogP contribution in [0.4, 0.5) is 18.9 Å². The molecule has 0 atom stereocenters. The zero-order valence-electron chi connectivity index (χ0n) is 13.6. The summed E-state index contributed by atoms with van der Waals surface area (Å²) < 4.78 is 49.3. The standard InChI is InChI=1S/C18H17F3N2O2/c1-24-7-2-8-25-17-11-22-6-5-14(17)16-9-12-3-4-13(18(19,20)21)10-15(12)23-16/h3-6,10-11H,2,7-9H2,1H3. The molecule has 0 amide bonds. The van der Waals surface area contributed by atoms with Gasteiger partial charge < -0.3 is 9.47 Å². The third-order valence-corrected chi connectivity index (χ3v) is 3.87. The summed E-state index contributed by atoms with van der Waals surface area (Å²) in [6.45, 7) is 1.05. The van der Waals surface area contributed by atoms with Crippen LogP contribution < -0.4 is 4.74 Å². The highest BCUT2D eigenvalue weighted by atomic mass is 19.4. The monoisotopic (exact) mass is 350 g/mol. The number of halogens is 3. The van der Waals surface area contributed by atoms with E-state index in [0.29, 0.717) is 36.8 Å². The highest BCUT2D eigenvalue weighted by molar-refractivity contribution is 6.08. The van der Waals surface area contributed by atoms with Gasteiger partial charge in [0.15, 0.2) is 0 Å². The van der Waals surface area contributed by atoms with Gasteiger partial charge in [-0.3, -0.25) is 9.98 Å². The molecule has 0 fully saturated rings. The van der Waals surface area contributed by atoms with Crippen molar-refractivity contribution in [3.63, 3.8) is 0 Å². The van der Waals surface area contributed by atoms with Crippen molar-refractivity contribution in [3.8, 4) is 5.75 Å². The third-order valence-electron chi connectivity index (χ3n) is 3.87. The Hall–Kier alpha value is -2.41. The molecule has 1 aliphatic rings. The largest absolute Gasteiger partial charge is 0.491 e. The zero-order chi connectivity index (χ0) is 17.9. The lowest BCUT2D eigenvalue weighted by Gasteiger charge is -2.10. The lowest BCUT2D eigenvalue weighted by atomic mass is 10.0. The lowest BCUT2D eigenvalue weighted by molar-refractivity contribution is -0.137. The van der Waals surface area contributed by atoms with Crippen LogP contribution in [-0.2, 0) is 17.3 Å². The van der Waals surface area contributed by atoms with E-state index >= 15 is 0 Å². The molecule has 1 aliphatic heterocycles. The van der Waals surface area contributed by atoms with Crippen LogP contribution in [0.2, 0.25) is 0 Å². The molecule has 0 radical (unpaired) electrons. The summed E-state index contributed by atoms with van der Waals surface area (Å²) in [6.07, 6.45) is 0.0246. The molecule has 25 heavy (non-hydrogen) atoms. The number of methoxy groups -OCH3 is 1. The zero-order valence-corrected chi connectivity index (χ0v) is 13.6. The Morgan fingerprint density at radius 3 is 2.76 bits per heavy atom. The summed E-state index contributed by atoms with van der Waals surface area (Å²) in [5.74, 6) is 0.571. The number of hydrogen-bond acceptors (Lipinski definition) is 4. The van der Waals surface area contributed by atoms with Gasteiger partial charge in [-0.1, -0.05) is 6.07 Å². The molecule has 2 heterocycles. The van der Waals surface area contributed by atoms with E-state index in [-0.39, 0.29) is 0 Å². The molecule has 0 N–H and O–H groups in total. The topological polar surface area (TPSA) is 43.7 Å². The summed E-state index contributed by atoms with van der Waals surface area (Å²) in [5, 5.41) is 0. The molecule has 0 unspecified atom stereocenters. The molecular weight excluding hydrogens is 333 g/mol. The third kappa shape index (κ3) is 3.99. The Morgan fingerprint density at radius 2 is 2.00 bits per heavy atom. The molecule has 132 valence electrons. The van der Waals surface area contributed by atoms with Gasteiger partial charge in [0, 0.05) is 38.3 Å². The van der Waals surface area contributed by atoms with Crippen LogP contribution in [0.3, 0.4) is 0 Å². The normalized spacial score (nSPS) is 13.5. The van der Waals surface area contributed by atoms with Crippen molar-refractivity contribution < 1.29 is 22.6 Å². The number of ether oxygens (including phenoxy) is 2. The number of alkyl halides is 3. The van der Waals surface area contributed by atoms with Gasteiger partial charge in [-0.25, -0.2) is 0 Å². The first-order valence-corrected chi connectivity index (χ1v) is 7.83. The Bertz CT molecular complexity index is 788. The van der Waals surface area contributed by atoms with Crippen LogP contribution in [0.25, 0.3) is 0 Å². The maximum Gasteiger partial charge on any atom is 0.416 e. The van der Waals surface area contributed by atoms with Gasteiger partial charge in [0.2, 0.25) is 0 Å². The van der Waals surface area contributed by atoms with E-state index in [2.05, 4.69) is 9.98 Å². The Morgan fingerprint density at radius 1 is 1.16 bits per heavy atom. The molecule has 4 nitrogen and oxygen atoms in total. The summed E-state index contributed by atoms with van der Waals surface area (Å²) >= 11 is 0. The van der Waals surface area contributed by atoms with Gasteiger partial charge >= 0.3 is 6.18 Å². The number of rotatable bonds is 6. The average Bonchev–Trinajstić information content (AvgIpc) is 3.01. The van der Waals surface area contributed by atoms with Crippen LogP contribution in [0.15, 0.2) is 41.7 Å². The number of hydrogen-bond donors (Lipinski definition) is 0. The van der Waals surface area contributed by atoms with Gasteiger partial charge in [0.25, 0.3) is 0 Å². The fourth-order valence-corrected chi connectivity index (χ4v) is 2.63. The number of aromatic nitrogens is 1. The van der Waals surface area contributed by atoms with Crippen LogP contribution in [0.5, 0.6) is 5.75 Å². The van der Waals surface area contributed by atoms with Gasteiger partial charge in [0.05, 0.1) is 29.8 Å². The molecule has 1 aromatic heterocycles. The minimum Gasteiger partial charge on any atom is -0.491 e. The molecule has 3 rings (SSSR count). The molecule has 7 heteroatoms. The minimum atomic E-state index is -4.38. The van der Waals surface area contributed by atoms with Gasteiger partial charge in [-0.2, -0.15) is 13.2 Å². The van der Waals surface area contributed by atoms with Crippen LogP contribution >= 0.6 is 0 Å². The lowest BCUT2D eigenvalue weighted by Crippen LogP contribution is -2.08. The van der Waals surface area contributed by atoms with E-state index in [1.54, 1.807) is 25.6 Å². The number of aliphatic imine (C=N–C) groups is 1. The van der Waals surface area contributed by atoms with E-state index < -0.39 is 11.7 Å². The molecule has 2 aromatic rings. The summed E-state index contributed by atoms with van der Waals surface area (Å²) in [4.78, 5) is 8.44. The van der Waals surface area contributed by atoms with Gasteiger partial charge in [0.1, 0.15) is 5.75 Å². The Labute approximate surface area is 143 Å². The van der Waals surface area contributed by atoms with Crippen molar-refractivity contribution in [3.05, 3.63) is 53.3 Å². The second kappa shape index (κ2) is 7.23. The van der Waals surface area contributed by atoms with Crippen molar-refractivity contribution >= 4 is 11.4 Å². The second-order valence-electron chi connectivity index (χ2n) is 5.64. The fourth-order valence-electron chi connectivity index (χ4n) is 2.63. The van der Waals surface area contributed by atoms with Gasteiger partial charge in [-0.15, -0.1) is 0 Å². The predicted molar refractivity (Wildman–Crippen MR) is 87.6 cm³/mol. The molecular formula is C18H17F3N2O2. The summed E-state index contributed by atoms with van der Waals surface area (Å²) in [6, 6.07) is 5.42. The number of benzene rings is 1. The quantitative estimate of drug-likeness (QED) is 0.734. The number of nitrogens with zero attached hydrogens (tertiary/aromatic N) is 2. The van der Waals surface area contributed by atoms with Crippen molar-refractivity contribution in [2.24, 2.45) is 4.99 Å². The fraction of sp³-hybridized carbons (Fsp3) is 0.333. The van der Waals surface area contributed by atoms with Crippen LogP contribution in [0, 0.1) is 0 Å². The van der Waals surface area contributed by atoms with Crippen LogP contribution in [-0.4, -0.2) is 31.0 Å². The van der Waals surface area contributed by atoms with Crippen LogP contribution in [0.1, 0.15) is 23.1 Å². The summed E-state index contributed by atoms with van der Waals surface area (Å²) in [5.41, 5.74) is 1.86. The van der Waals surface area contributed by atoms with E-state index in [4.69, 9.17) is 9.47 Å². The maximum absolute atomic E-state index is 12.9. The highest BCUT2D eigenvalue weighted by Gasteiger charge is 2.32. The molecule has 1 aromatic carbocycles. The highest BCUT2D eigenvalue weighted by Crippen LogP contribution is 2.37. The first-order chi connectivity index (χ1) is 12.0. The SMILES string of the molecule is COCCCOc1cnccc1C1=Nc2cc(C(F)(F)F)ccc2C1. The van der Waals surface area contributed by atoms with Crippen molar-refractivity contribution in [1.29, 1.82) is 0 Å². The predicted octanol–water partition coefficient (Wildman–Crippen LogP) is 4.19. The molecule has 0 bridgehead atoms. The Kier molecular flexibility index (Phi) is 5.03. The number of fused-ring (bicyclic) bond motifs is 1.